The average Bonchev–Trinajstić information content (AvgIpc) is 3.15. The highest BCUT2D eigenvalue weighted by molar-refractivity contribution is 7.15. The first-order valence-electron chi connectivity index (χ1n) is 8.57. The molecule has 1 saturated heterocycles. The van der Waals surface area contributed by atoms with E-state index in [1.807, 2.05) is 18.3 Å². The molecule has 1 aromatic heterocycles. The van der Waals surface area contributed by atoms with Crippen LogP contribution in [0.3, 0.4) is 0 Å². The molecule has 0 aliphatic carbocycles. The highest BCUT2D eigenvalue weighted by atomic mass is 32.1. The molecule has 142 valence electrons. The van der Waals surface area contributed by atoms with Gasteiger partial charge in [0.1, 0.15) is 5.01 Å². The monoisotopic (exact) mass is 378 g/mol. The van der Waals surface area contributed by atoms with Gasteiger partial charge in [0.25, 0.3) is 0 Å². The summed E-state index contributed by atoms with van der Waals surface area (Å²) in [6.45, 7) is 4.94. The van der Waals surface area contributed by atoms with E-state index >= 15 is 0 Å². The third kappa shape index (κ3) is 4.09. The molecule has 1 aliphatic rings. The van der Waals surface area contributed by atoms with Crippen LogP contribution in [-0.2, 0) is 6.54 Å². The lowest BCUT2D eigenvalue weighted by atomic mass is 10.1. The molecule has 0 spiro atoms. The smallest absolute Gasteiger partial charge is 0.203 e. The summed E-state index contributed by atoms with van der Waals surface area (Å²) in [4.78, 5) is 7.93. The van der Waals surface area contributed by atoms with Crippen molar-refractivity contribution in [3.8, 4) is 27.7 Å². The number of aromatic nitrogens is 1. The van der Waals surface area contributed by atoms with E-state index in [4.69, 9.17) is 14.2 Å². The molecule has 0 amide bonds. The number of hydrazine groups is 1. The van der Waals surface area contributed by atoms with Crippen molar-refractivity contribution in [2.24, 2.45) is 0 Å². The molecular weight excluding hydrogens is 352 g/mol. The largest absolute Gasteiger partial charge is 0.493 e. The number of rotatable bonds is 7. The van der Waals surface area contributed by atoms with Crippen LogP contribution < -0.4 is 19.6 Å². The zero-order valence-corrected chi connectivity index (χ0v) is 16.6. The van der Waals surface area contributed by atoms with Gasteiger partial charge in [-0.3, -0.25) is 0 Å². The number of nitrogens with zero attached hydrogens (tertiary/aromatic N) is 3. The van der Waals surface area contributed by atoms with Gasteiger partial charge in [-0.05, 0) is 19.2 Å². The van der Waals surface area contributed by atoms with Crippen molar-refractivity contribution in [2.45, 2.75) is 6.54 Å². The second-order valence-electron chi connectivity index (χ2n) is 6.13. The number of likely N-dealkylation sites (N-methyl/N-ethyl adjacent to an activating group) is 1. The maximum atomic E-state index is 5.58. The van der Waals surface area contributed by atoms with Crippen LogP contribution in [0.4, 0.5) is 0 Å². The van der Waals surface area contributed by atoms with Gasteiger partial charge in [0.15, 0.2) is 11.5 Å². The highest BCUT2D eigenvalue weighted by Gasteiger charge is 2.19. The molecule has 2 heterocycles. The van der Waals surface area contributed by atoms with Crippen LogP contribution >= 0.6 is 11.3 Å². The van der Waals surface area contributed by atoms with Crippen LogP contribution in [0.25, 0.3) is 10.4 Å². The molecule has 3 rings (SSSR count). The number of methoxy groups -OCH3 is 3. The fourth-order valence-electron chi connectivity index (χ4n) is 2.96. The highest BCUT2D eigenvalue weighted by Crippen LogP contribution is 2.45. The van der Waals surface area contributed by atoms with Crippen molar-refractivity contribution in [3.63, 3.8) is 0 Å². The molecule has 1 fully saturated rings. The molecule has 2 aromatic rings. The SMILES string of the molecule is COc1ccc(-c2cnc(CNN3CCN(C)CC3)s2)c(OC)c1OC. The van der Waals surface area contributed by atoms with Crippen molar-refractivity contribution in [1.29, 1.82) is 0 Å². The molecule has 7 nitrogen and oxygen atoms in total. The Kier molecular flexibility index (Phi) is 6.31. The second-order valence-corrected chi connectivity index (χ2v) is 7.24. The zero-order chi connectivity index (χ0) is 18.5. The number of hydrogen-bond acceptors (Lipinski definition) is 8. The maximum Gasteiger partial charge on any atom is 0.203 e. The van der Waals surface area contributed by atoms with Gasteiger partial charge >= 0.3 is 0 Å². The third-order valence-electron chi connectivity index (χ3n) is 4.48. The first-order chi connectivity index (χ1) is 12.7. The first-order valence-corrected chi connectivity index (χ1v) is 9.39. The van der Waals surface area contributed by atoms with Crippen LogP contribution in [0.5, 0.6) is 17.2 Å². The topological polar surface area (TPSA) is 59.1 Å². The normalized spacial score (nSPS) is 15.8. The Bertz CT molecular complexity index is 729. The summed E-state index contributed by atoms with van der Waals surface area (Å²) in [5.74, 6) is 1.90. The molecule has 0 saturated carbocycles. The van der Waals surface area contributed by atoms with Gasteiger partial charge in [-0.15, -0.1) is 11.3 Å². The van der Waals surface area contributed by atoms with E-state index in [9.17, 15) is 0 Å². The van der Waals surface area contributed by atoms with Crippen LogP contribution in [0.1, 0.15) is 5.01 Å². The Hall–Kier alpha value is -1.87. The third-order valence-corrected chi connectivity index (χ3v) is 5.51. The van der Waals surface area contributed by atoms with Gasteiger partial charge in [0, 0.05) is 37.9 Å². The minimum atomic E-state index is 0.595. The van der Waals surface area contributed by atoms with Gasteiger partial charge in [-0.1, -0.05) is 0 Å². The number of nitrogens with one attached hydrogen (secondary N) is 1. The summed E-state index contributed by atoms with van der Waals surface area (Å²) >= 11 is 1.65. The summed E-state index contributed by atoms with van der Waals surface area (Å²) in [6, 6.07) is 3.87. The number of thiazole rings is 1. The number of ether oxygens (including phenoxy) is 3. The standard InChI is InChI=1S/C18H26N4O3S/c1-21-7-9-22(10-8-21)20-12-16-19-11-15(26-16)13-5-6-14(23-2)18(25-4)17(13)24-3/h5-6,11,20H,7-10,12H2,1-4H3. The molecule has 1 aromatic carbocycles. The maximum absolute atomic E-state index is 5.58. The van der Waals surface area contributed by atoms with E-state index in [1.54, 1.807) is 32.7 Å². The van der Waals surface area contributed by atoms with E-state index < -0.39 is 0 Å². The number of benzene rings is 1. The summed E-state index contributed by atoms with van der Waals surface area (Å²) in [5.41, 5.74) is 4.42. The van der Waals surface area contributed by atoms with E-state index in [0.29, 0.717) is 17.2 Å². The van der Waals surface area contributed by atoms with Crippen molar-refractivity contribution in [3.05, 3.63) is 23.3 Å². The van der Waals surface area contributed by atoms with Crippen molar-refractivity contribution in [2.75, 3.05) is 54.6 Å². The van der Waals surface area contributed by atoms with Crippen LogP contribution in [-0.4, -0.2) is 69.4 Å². The predicted octanol–water partition coefficient (Wildman–Crippen LogP) is 2.09. The minimum absolute atomic E-state index is 0.595. The molecule has 0 atom stereocenters. The van der Waals surface area contributed by atoms with Crippen LogP contribution in [0.2, 0.25) is 0 Å². The molecule has 0 radical (unpaired) electrons. The molecule has 8 heteroatoms. The molecule has 0 unspecified atom stereocenters. The number of hydrogen-bond donors (Lipinski definition) is 1. The van der Waals surface area contributed by atoms with E-state index in [1.165, 1.54) is 0 Å². The molecular formula is C18H26N4O3S. The lowest BCUT2D eigenvalue weighted by Crippen LogP contribution is -2.50. The molecule has 26 heavy (non-hydrogen) atoms. The average molecular weight is 378 g/mol. The van der Waals surface area contributed by atoms with Gasteiger partial charge < -0.3 is 19.1 Å². The lowest BCUT2D eigenvalue weighted by Gasteiger charge is -2.32. The second kappa shape index (κ2) is 8.68. The van der Waals surface area contributed by atoms with E-state index in [2.05, 4.69) is 27.4 Å². The molecule has 1 N–H and O–H groups in total. The van der Waals surface area contributed by atoms with Crippen molar-refractivity contribution in [1.82, 2.24) is 20.3 Å². The quantitative estimate of drug-likeness (QED) is 0.792. The van der Waals surface area contributed by atoms with Gasteiger partial charge in [0.05, 0.1) is 32.8 Å². The van der Waals surface area contributed by atoms with Gasteiger partial charge in [-0.2, -0.15) is 0 Å². The summed E-state index contributed by atoms with van der Waals surface area (Å²) in [7, 11) is 7.02. The minimum Gasteiger partial charge on any atom is -0.493 e. The molecule has 0 bridgehead atoms. The summed E-state index contributed by atoms with van der Waals surface area (Å²) in [6.07, 6.45) is 1.88. The summed E-state index contributed by atoms with van der Waals surface area (Å²) < 4.78 is 16.4. The van der Waals surface area contributed by atoms with Crippen molar-refractivity contribution < 1.29 is 14.2 Å². The Labute approximate surface area is 158 Å². The fourth-order valence-corrected chi connectivity index (χ4v) is 3.83. The van der Waals surface area contributed by atoms with E-state index in [-0.39, 0.29) is 0 Å². The van der Waals surface area contributed by atoms with Crippen molar-refractivity contribution >= 4 is 11.3 Å². The number of piperazine rings is 1. The Morgan fingerprint density at radius 2 is 1.77 bits per heavy atom. The van der Waals surface area contributed by atoms with Gasteiger partial charge in [-0.25, -0.2) is 15.4 Å². The Balaban J connectivity index is 1.73. The zero-order valence-electron chi connectivity index (χ0n) is 15.7. The van der Waals surface area contributed by atoms with Gasteiger partial charge in [0.2, 0.25) is 5.75 Å². The summed E-state index contributed by atoms with van der Waals surface area (Å²) in [5, 5.41) is 3.30. The van der Waals surface area contributed by atoms with Crippen LogP contribution in [0, 0.1) is 0 Å². The first kappa shape index (κ1) is 18.9. The molecule has 1 aliphatic heterocycles. The lowest BCUT2D eigenvalue weighted by molar-refractivity contribution is 0.102. The van der Waals surface area contributed by atoms with E-state index in [0.717, 1.165) is 48.2 Å². The van der Waals surface area contributed by atoms with Crippen LogP contribution in [0.15, 0.2) is 18.3 Å². The fraction of sp³-hybridized carbons (Fsp3) is 0.500. The Morgan fingerprint density at radius 1 is 1.04 bits per heavy atom. The predicted molar refractivity (Wildman–Crippen MR) is 103 cm³/mol. The Morgan fingerprint density at radius 3 is 2.42 bits per heavy atom.